The molecule has 0 heterocycles. The average Bonchev–Trinajstić information content (AvgIpc) is 2.22. The summed E-state index contributed by atoms with van der Waals surface area (Å²) in [6.07, 6.45) is 2.20. The molecule has 0 saturated carbocycles. The highest BCUT2D eigenvalue weighted by atomic mass is 32.2. The molecule has 7 heteroatoms. The van der Waals surface area contributed by atoms with Crippen molar-refractivity contribution in [3.8, 4) is 0 Å². The van der Waals surface area contributed by atoms with Crippen molar-refractivity contribution in [1.82, 2.24) is 10.6 Å². The highest BCUT2D eigenvalue weighted by molar-refractivity contribution is 7.84. The number of urea groups is 1. The third-order valence-corrected chi connectivity index (χ3v) is 3.25. The van der Waals surface area contributed by atoms with E-state index in [1.165, 1.54) is 0 Å². The Bertz CT molecular complexity index is 320. The Morgan fingerprint density at radius 3 is 2.17 bits per heavy atom. The first-order chi connectivity index (χ1) is 8.23. The molecule has 2 amide bonds. The van der Waals surface area contributed by atoms with Crippen molar-refractivity contribution >= 4 is 22.8 Å². The van der Waals surface area contributed by atoms with Crippen molar-refractivity contribution < 1.29 is 18.9 Å². The van der Waals surface area contributed by atoms with Gasteiger partial charge in [0.1, 0.15) is 6.04 Å². The minimum atomic E-state index is -1.05. The number of carboxylic acid groups (broad SMARTS) is 1. The van der Waals surface area contributed by atoms with Crippen molar-refractivity contribution in [2.24, 2.45) is 5.92 Å². The Kier molecular flexibility index (Phi) is 7.58. The van der Waals surface area contributed by atoms with Gasteiger partial charge in [-0.25, -0.2) is 9.59 Å². The smallest absolute Gasteiger partial charge is 0.326 e. The fourth-order valence-electron chi connectivity index (χ4n) is 1.34. The number of hydrogen-bond donors (Lipinski definition) is 3. The number of nitrogens with one attached hydrogen (secondary N) is 2. The average molecular weight is 278 g/mol. The molecule has 0 aromatic heterocycles. The molecule has 0 bridgehead atoms. The Balaban J connectivity index is 4.16. The molecule has 3 unspecified atom stereocenters. The van der Waals surface area contributed by atoms with E-state index < -0.39 is 28.8 Å². The van der Waals surface area contributed by atoms with Crippen molar-refractivity contribution in [2.75, 3.05) is 12.0 Å². The molecule has 0 aromatic rings. The summed E-state index contributed by atoms with van der Waals surface area (Å²) in [5.41, 5.74) is 0. The number of carbonyl (C=O) groups is 2. The van der Waals surface area contributed by atoms with Crippen LogP contribution in [0.5, 0.6) is 0 Å². The third-order valence-electron chi connectivity index (χ3n) is 2.44. The monoisotopic (exact) mass is 278 g/mol. The zero-order chi connectivity index (χ0) is 14.3. The number of aliphatic carboxylic acids is 1. The van der Waals surface area contributed by atoms with E-state index in [4.69, 9.17) is 5.11 Å². The lowest BCUT2D eigenvalue weighted by Gasteiger charge is -2.20. The molecule has 0 aliphatic carbocycles. The van der Waals surface area contributed by atoms with E-state index in [0.29, 0.717) is 12.2 Å². The van der Waals surface area contributed by atoms with E-state index in [0.717, 1.165) is 0 Å². The Labute approximate surface area is 110 Å². The van der Waals surface area contributed by atoms with Crippen LogP contribution in [0.15, 0.2) is 0 Å². The fraction of sp³-hybridized carbons (Fsp3) is 0.818. The second kappa shape index (κ2) is 8.07. The fourth-order valence-corrected chi connectivity index (χ4v) is 2.02. The van der Waals surface area contributed by atoms with Gasteiger partial charge in [0, 0.05) is 28.9 Å². The number of amides is 2. The van der Waals surface area contributed by atoms with E-state index in [1.54, 1.807) is 27.0 Å². The van der Waals surface area contributed by atoms with Gasteiger partial charge in [0.05, 0.1) is 0 Å². The van der Waals surface area contributed by atoms with Gasteiger partial charge in [0.2, 0.25) is 0 Å². The van der Waals surface area contributed by atoms with E-state index in [2.05, 4.69) is 10.6 Å². The van der Waals surface area contributed by atoms with E-state index in [9.17, 15) is 13.8 Å². The normalized spacial score (nSPS) is 15.8. The van der Waals surface area contributed by atoms with Crippen LogP contribution in [0, 0.1) is 5.92 Å². The Hall–Kier alpha value is -1.11. The van der Waals surface area contributed by atoms with Crippen LogP contribution in [-0.2, 0) is 15.6 Å². The lowest BCUT2D eigenvalue weighted by Crippen LogP contribution is -2.50. The molecule has 106 valence electrons. The molecule has 0 saturated heterocycles. The maximum absolute atomic E-state index is 11.6. The number of hydrogen-bond acceptors (Lipinski definition) is 3. The minimum Gasteiger partial charge on any atom is -0.480 e. The maximum Gasteiger partial charge on any atom is 0.326 e. The standard InChI is InChI=1S/C11H22N2O4S/c1-7(2)9(10(14)15)13-11(16)12-8(3)5-6-18(4)17/h7-9H,5-6H2,1-4H3,(H,14,15)(H2,12,13,16). The molecule has 3 atom stereocenters. The largest absolute Gasteiger partial charge is 0.480 e. The summed E-state index contributed by atoms with van der Waals surface area (Å²) in [6, 6.07) is -1.56. The van der Waals surface area contributed by atoms with Gasteiger partial charge < -0.3 is 15.7 Å². The molecule has 0 radical (unpaired) electrons. The summed E-state index contributed by atoms with van der Waals surface area (Å²) in [5, 5.41) is 14.0. The van der Waals surface area contributed by atoms with Gasteiger partial charge in [-0.15, -0.1) is 0 Å². The van der Waals surface area contributed by atoms with Crippen LogP contribution >= 0.6 is 0 Å². The van der Waals surface area contributed by atoms with Gasteiger partial charge in [-0.05, 0) is 19.3 Å². The molecule has 0 fully saturated rings. The molecule has 18 heavy (non-hydrogen) atoms. The zero-order valence-electron chi connectivity index (χ0n) is 11.2. The molecule has 0 aliphatic rings. The number of carbonyl (C=O) groups excluding carboxylic acids is 1. The molecule has 6 nitrogen and oxygen atoms in total. The molecular weight excluding hydrogens is 256 g/mol. The van der Waals surface area contributed by atoms with Crippen molar-refractivity contribution in [2.45, 2.75) is 39.3 Å². The van der Waals surface area contributed by atoms with Crippen molar-refractivity contribution in [3.05, 3.63) is 0 Å². The summed E-state index contributed by atoms with van der Waals surface area (Å²) >= 11 is 0. The second-order valence-electron chi connectivity index (χ2n) is 4.64. The van der Waals surface area contributed by atoms with E-state index in [1.807, 2.05) is 0 Å². The van der Waals surface area contributed by atoms with Crippen LogP contribution in [-0.4, -0.2) is 45.4 Å². The number of carboxylic acids is 1. The maximum atomic E-state index is 11.6. The van der Waals surface area contributed by atoms with Crippen molar-refractivity contribution in [3.63, 3.8) is 0 Å². The van der Waals surface area contributed by atoms with Crippen molar-refractivity contribution in [1.29, 1.82) is 0 Å². The summed E-state index contributed by atoms with van der Waals surface area (Å²) in [6.45, 7) is 5.24. The highest BCUT2D eigenvalue weighted by Crippen LogP contribution is 2.01. The molecule has 0 spiro atoms. The lowest BCUT2D eigenvalue weighted by atomic mass is 10.1. The minimum absolute atomic E-state index is 0.143. The van der Waals surface area contributed by atoms with Gasteiger partial charge in [-0.3, -0.25) is 4.21 Å². The van der Waals surface area contributed by atoms with Crippen LogP contribution in [0.1, 0.15) is 27.2 Å². The summed E-state index contributed by atoms with van der Waals surface area (Å²) < 4.78 is 10.9. The number of rotatable bonds is 7. The van der Waals surface area contributed by atoms with Crippen LogP contribution < -0.4 is 10.6 Å². The summed E-state index contributed by atoms with van der Waals surface area (Å²) in [5.74, 6) is -0.734. The summed E-state index contributed by atoms with van der Waals surface area (Å²) in [4.78, 5) is 22.5. The predicted molar refractivity (Wildman–Crippen MR) is 70.9 cm³/mol. The zero-order valence-corrected chi connectivity index (χ0v) is 12.0. The van der Waals surface area contributed by atoms with Gasteiger partial charge in [-0.1, -0.05) is 13.8 Å². The topological polar surface area (TPSA) is 95.5 Å². The molecule has 0 aromatic carbocycles. The molecule has 0 rings (SSSR count). The third kappa shape index (κ3) is 7.26. The first-order valence-corrected chi connectivity index (χ1v) is 7.56. The first kappa shape index (κ1) is 16.9. The predicted octanol–water partition coefficient (Wildman–Crippen LogP) is 0.552. The molecular formula is C11H22N2O4S. The SMILES string of the molecule is CC(CCS(C)=O)NC(=O)NC(C(=O)O)C(C)C. The molecule has 3 N–H and O–H groups in total. The van der Waals surface area contributed by atoms with Gasteiger partial charge >= 0.3 is 12.0 Å². The highest BCUT2D eigenvalue weighted by Gasteiger charge is 2.23. The lowest BCUT2D eigenvalue weighted by molar-refractivity contribution is -0.140. The quantitative estimate of drug-likeness (QED) is 0.634. The van der Waals surface area contributed by atoms with Gasteiger partial charge in [0.25, 0.3) is 0 Å². The Morgan fingerprint density at radius 2 is 1.78 bits per heavy atom. The van der Waals surface area contributed by atoms with E-state index in [-0.39, 0.29) is 12.0 Å². The van der Waals surface area contributed by atoms with Crippen LogP contribution in [0.3, 0.4) is 0 Å². The first-order valence-electron chi connectivity index (χ1n) is 5.84. The Morgan fingerprint density at radius 1 is 1.22 bits per heavy atom. The van der Waals surface area contributed by atoms with Crippen LogP contribution in [0.2, 0.25) is 0 Å². The van der Waals surface area contributed by atoms with Crippen LogP contribution in [0.4, 0.5) is 4.79 Å². The second-order valence-corrected chi connectivity index (χ2v) is 6.20. The van der Waals surface area contributed by atoms with E-state index >= 15 is 0 Å². The van der Waals surface area contributed by atoms with Crippen LogP contribution in [0.25, 0.3) is 0 Å². The van der Waals surface area contributed by atoms with Gasteiger partial charge in [-0.2, -0.15) is 0 Å². The molecule has 0 aliphatic heterocycles. The summed E-state index contributed by atoms with van der Waals surface area (Å²) in [7, 11) is -0.892. The van der Waals surface area contributed by atoms with Gasteiger partial charge in [0.15, 0.2) is 0 Å².